The summed E-state index contributed by atoms with van der Waals surface area (Å²) in [5.41, 5.74) is -2.41. The third-order valence-electron chi connectivity index (χ3n) is 4.61. The lowest BCUT2D eigenvalue weighted by atomic mass is 10.0. The number of hydrogen-bond donors (Lipinski definition) is 0. The lowest BCUT2D eigenvalue weighted by Gasteiger charge is -1.96. The van der Waals surface area contributed by atoms with Crippen molar-refractivity contribution in [1.29, 1.82) is 0 Å². The van der Waals surface area contributed by atoms with E-state index in [1.165, 1.54) is 24.3 Å². The molecule has 5 aromatic rings. The van der Waals surface area contributed by atoms with Gasteiger partial charge in [0, 0.05) is 21.5 Å². The van der Waals surface area contributed by atoms with Gasteiger partial charge in [-0.05, 0) is 0 Å². The number of furan rings is 1. The highest BCUT2D eigenvalue weighted by Crippen LogP contribution is 2.23. The Morgan fingerprint density at radius 2 is 0.800 bits per heavy atom. The Balaban J connectivity index is 2.26. The molecule has 1 heterocycles. The lowest BCUT2D eigenvalue weighted by Crippen LogP contribution is -2.14. The minimum atomic E-state index is -0.496. The van der Waals surface area contributed by atoms with Crippen molar-refractivity contribution < 1.29 is 4.42 Å². The van der Waals surface area contributed by atoms with Crippen LogP contribution in [0.3, 0.4) is 0 Å². The van der Waals surface area contributed by atoms with Crippen LogP contribution in [0, 0.1) is 0 Å². The topological polar surface area (TPSA) is 81.4 Å². The molecule has 0 aliphatic rings. The number of hydrogen-bond acceptors (Lipinski definition) is 5. The van der Waals surface area contributed by atoms with E-state index in [0.29, 0.717) is 0 Å². The van der Waals surface area contributed by atoms with Crippen LogP contribution in [0.4, 0.5) is 0 Å². The molecule has 1 aromatic heterocycles. The first-order valence-electron chi connectivity index (χ1n) is 7.63. The van der Waals surface area contributed by atoms with E-state index in [1.807, 2.05) is 0 Å². The molecule has 4 aromatic carbocycles. The summed E-state index contributed by atoms with van der Waals surface area (Å²) < 4.78 is 5.47. The maximum Gasteiger partial charge on any atom is 0.229 e. The molecule has 0 aliphatic carbocycles. The second kappa shape index (κ2) is 4.48. The predicted molar refractivity (Wildman–Crippen MR) is 96.2 cm³/mol. The SMILES string of the molecule is O=c1c2ccccc2c(=O)c2c1oc1c(=O)c3ccccc3c(=O)c12. The van der Waals surface area contributed by atoms with Crippen LogP contribution in [0.2, 0.25) is 0 Å². The molecule has 0 amide bonds. The number of rotatable bonds is 0. The second-order valence-electron chi connectivity index (χ2n) is 5.92. The van der Waals surface area contributed by atoms with Crippen molar-refractivity contribution >= 4 is 43.5 Å². The summed E-state index contributed by atoms with van der Waals surface area (Å²) in [4.78, 5) is 51.1. The fourth-order valence-corrected chi connectivity index (χ4v) is 3.46. The number of fused-ring (bicyclic) bond motifs is 5. The molecule has 25 heavy (non-hydrogen) atoms. The minimum absolute atomic E-state index is 0.105. The summed E-state index contributed by atoms with van der Waals surface area (Å²) in [6.45, 7) is 0. The third-order valence-corrected chi connectivity index (χ3v) is 4.61. The largest absolute Gasteiger partial charge is 0.447 e. The Kier molecular flexibility index (Phi) is 2.47. The first kappa shape index (κ1) is 13.8. The molecule has 0 N–H and O–H groups in total. The molecule has 5 nitrogen and oxygen atoms in total. The Labute approximate surface area is 138 Å². The summed E-state index contributed by atoms with van der Waals surface area (Å²) >= 11 is 0. The minimum Gasteiger partial charge on any atom is -0.447 e. The zero-order valence-corrected chi connectivity index (χ0v) is 12.7. The van der Waals surface area contributed by atoms with Crippen LogP contribution in [0.25, 0.3) is 43.5 Å². The van der Waals surface area contributed by atoms with E-state index >= 15 is 0 Å². The van der Waals surface area contributed by atoms with Gasteiger partial charge in [-0.3, -0.25) is 19.2 Å². The average molecular weight is 328 g/mol. The van der Waals surface area contributed by atoms with E-state index in [-0.39, 0.29) is 43.5 Å². The Hall–Kier alpha value is -3.60. The molecule has 5 heteroatoms. The van der Waals surface area contributed by atoms with E-state index in [4.69, 9.17) is 4.42 Å². The summed E-state index contributed by atoms with van der Waals surface area (Å²) in [6, 6.07) is 12.7. The highest BCUT2D eigenvalue weighted by Gasteiger charge is 2.23. The molecule has 0 aliphatic heterocycles. The normalized spacial score (nSPS) is 11.8. The van der Waals surface area contributed by atoms with E-state index < -0.39 is 21.7 Å². The molecule has 5 rings (SSSR count). The standard InChI is InChI=1S/C20H8O5/c21-15-9-5-1-3-7-11(9)17(23)19-13(15)14-16(22)10-6-2-4-8-12(10)18(24)20(14)25-19/h1-8H. The van der Waals surface area contributed by atoms with Crippen molar-refractivity contribution in [3.63, 3.8) is 0 Å². The molecule has 0 radical (unpaired) electrons. The van der Waals surface area contributed by atoms with Crippen molar-refractivity contribution in [3.05, 3.63) is 89.4 Å². The molecule has 0 saturated carbocycles. The maximum atomic E-state index is 12.9. The first-order valence-corrected chi connectivity index (χ1v) is 7.63. The van der Waals surface area contributed by atoms with Crippen LogP contribution in [-0.4, -0.2) is 0 Å². The molecule has 0 atom stereocenters. The van der Waals surface area contributed by atoms with Gasteiger partial charge in [-0.15, -0.1) is 0 Å². The van der Waals surface area contributed by atoms with Crippen LogP contribution in [0.5, 0.6) is 0 Å². The zero-order chi connectivity index (χ0) is 17.3. The van der Waals surface area contributed by atoms with Crippen LogP contribution in [0.1, 0.15) is 0 Å². The molecular formula is C20H8O5. The zero-order valence-electron chi connectivity index (χ0n) is 12.7. The summed E-state index contributed by atoms with van der Waals surface area (Å²) in [6.07, 6.45) is 0. The van der Waals surface area contributed by atoms with Gasteiger partial charge in [0.05, 0.1) is 10.8 Å². The smallest absolute Gasteiger partial charge is 0.229 e. The van der Waals surface area contributed by atoms with Gasteiger partial charge >= 0.3 is 0 Å². The average Bonchev–Trinajstić information content (AvgIpc) is 3.06. The molecular weight excluding hydrogens is 320 g/mol. The van der Waals surface area contributed by atoms with Gasteiger partial charge in [0.15, 0.2) is 22.0 Å². The van der Waals surface area contributed by atoms with Gasteiger partial charge < -0.3 is 4.42 Å². The van der Waals surface area contributed by atoms with Gasteiger partial charge in [0.25, 0.3) is 0 Å². The highest BCUT2D eigenvalue weighted by atomic mass is 16.3. The first-order chi connectivity index (χ1) is 12.1. The fourth-order valence-electron chi connectivity index (χ4n) is 3.46. The van der Waals surface area contributed by atoms with Crippen molar-refractivity contribution in [2.24, 2.45) is 0 Å². The van der Waals surface area contributed by atoms with Gasteiger partial charge in [-0.25, -0.2) is 0 Å². The quantitative estimate of drug-likeness (QED) is 0.435. The molecule has 0 spiro atoms. The van der Waals surface area contributed by atoms with E-state index in [0.717, 1.165) is 0 Å². The lowest BCUT2D eigenvalue weighted by molar-refractivity contribution is 0.663. The van der Waals surface area contributed by atoms with Crippen molar-refractivity contribution in [1.82, 2.24) is 0 Å². The fraction of sp³-hybridized carbons (Fsp3) is 0. The van der Waals surface area contributed by atoms with Crippen molar-refractivity contribution in [2.75, 3.05) is 0 Å². The maximum absolute atomic E-state index is 12.9. The third kappa shape index (κ3) is 1.57. The van der Waals surface area contributed by atoms with Crippen molar-refractivity contribution in [2.45, 2.75) is 0 Å². The van der Waals surface area contributed by atoms with E-state index in [1.54, 1.807) is 24.3 Å². The Bertz CT molecular complexity index is 1450. The van der Waals surface area contributed by atoms with E-state index in [9.17, 15) is 19.2 Å². The monoisotopic (exact) mass is 328 g/mol. The molecule has 0 fully saturated rings. The summed E-state index contributed by atoms with van der Waals surface area (Å²) in [7, 11) is 0. The Morgan fingerprint density at radius 3 is 1.16 bits per heavy atom. The van der Waals surface area contributed by atoms with Crippen LogP contribution in [0.15, 0.2) is 72.1 Å². The molecule has 0 bridgehead atoms. The number of benzene rings is 4. The van der Waals surface area contributed by atoms with Gasteiger partial charge in [-0.2, -0.15) is 0 Å². The second-order valence-corrected chi connectivity index (χ2v) is 5.92. The van der Waals surface area contributed by atoms with Gasteiger partial charge in [-0.1, -0.05) is 48.5 Å². The van der Waals surface area contributed by atoms with Crippen molar-refractivity contribution in [3.8, 4) is 0 Å². The highest BCUT2D eigenvalue weighted by molar-refractivity contribution is 6.12. The van der Waals surface area contributed by atoms with Crippen LogP contribution >= 0.6 is 0 Å². The summed E-state index contributed by atoms with van der Waals surface area (Å²) in [5.74, 6) is 0. The molecule has 0 unspecified atom stereocenters. The van der Waals surface area contributed by atoms with Gasteiger partial charge in [0.2, 0.25) is 10.9 Å². The predicted octanol–water partition coefficient (Wildman–Crippen LogP) is 2.21. The van der Waals surface area contributed by atoms with E-state index in [2.05, 4.69) is 0 Å². The van der Waals surface area contributed by atoms with Crippen LogP contribution < -0.4 is 21.7 Å². The molecule has 0 saturated heterocycles. The van der Waals surface area contributed by atoms with Gasteiger partial charge in [0.1, 0.15) is 0 Å². The molecule has 118 valence electrons. The van der Waals surface area contributed by atoms with Crippen LogP contribution in [-0.2, 0) is 0 Å². The Morgan fingerprint density at radius 1 is 0.480 bits per heavy atom. The summed E-state index contributed by atoms with van der Waals surface area (Å²) in [5, 5.41) is 0.635.